The largest absolute Gasteiger partial charge is 0.399 e. The van der Waals surface area contributed by atoms with Crippen LogP contribution in [0.25, 0.3) is 0 Å². The zero-order valence-corrected chi connectivity index (χ0v) is 11.5. The molecule has 1 saturated heterocycles. The molecule has 0 saturated carbocycles. The Kier molecular flexibility index (Phi) is 5.61. The zero-order chi connectivity index (χ0) is 14.6. The molecular formula is C12H23F3N4. The van der Waals surface area contributed by atoms with Crippen molar-refractivity contribution in [2.24, 2.45) is 17.6 Å². The first-order valence-electron chi connectivity index (χ1n) is 6.55. The standard InChI is InChI=1S/C12H23F3N4/c1-9(2)7-18-3-5-19(6-4-18)8-10(11(16)17)12(13,14)15/h9-10H,3-8H2,1-2H3,(H3,16,17). The second-order valence-electron chi connectivity index (χ2n) is 5.54. The molecule has 19 heavy (non-hydrogen) atoms. The van der Waals surface area contributed by atoms with Gasteiger partial charge in [-0.2, -0.15) is 13.2 Å². The molecule has 112 valence electrons. The normalized spacial score (nSPS) is 20.7. The van der Waals surface area contributed by atoms with E-state index in [0.29, 0.717) is 19.0 Å². The van der Waals surface area contributed by atoms with Crippen LogP contribution in [0.1, 0.15) is 13.8 Å². The number of nitrogens with zero attached hydrogens (tertiary/aromatic N) is 2. The number of piperazine rings is 1. The van der Waals surface area contributed by atoms with E-state index in [9.17, 15) is 13.2 Å². The minimum absolute atomic E-state index is 0.200. The van der Waals surface area contributed by atoms with Crippen LogP contribution in [0.4, 0.5) is 13.2 Å². The van der Waals surface area contributed by atoms with Gasteiger partial charge in [0.05, 0.1) is 0 Å². The third kappa shape index (κ3) is 5.36. The highest BCUT2D eigenvalue weighted by molar-refractivity contribution is 5.80. The summed E-state index contributed by atoms with van der Waals surface area (Å²) in [5.74, 6) is -2.08. The lowest BCUT2D eigenvalue weighted by Crippen LogP contribution is -2.51. The average Bonchev–Trinajstić information content (AvgIpc) is 2.25. The molecule has 0 aromatic heterocycles. The van der Waals surface area contributed by atoms with Crippen molar-refractivity contribution in [3.05, 3.63) is 0 Å². The summed E-state index contributed by atoms with van der Waals surface area (Å²) in [6.07, 6.45) is -4.43. The van der Waals surface area contributed by atoms with Crippen LogP contribution in [-0.2, 0) is 0 Å². The number of rotatable bonds is 5. The summed E-state index contributed by atoms with van der Waals surface area (Å²) < 4.78 is 38.1. The predicted octanol–water partition coefficient (Wildman–Crippen LogP) is 1.37. The molecule has 0 aromatic rings. The molecule has 3 N–H and O–H groups in total. The van der Waals surface area contributed by atoms with Crippen molar-refractivity contribution in [1.82, 2.24) is 9.80 Å². The summed E-state index contributed by atoms with van der Waals surface area (Å²) in [7, 11) is 0. The van der Waals surface area contributed by atoms with Crippen LogP contribution in [-0.4, -0.2) is 61.1 Å². The van der Waals surface area contributed by atoms with Crippen LogP contribution in [0, 0.1) is 17.2 Å². The minimum Gasteiger partial charge on any atom is -0.387 e. The third-order valence-corrected chi connectivity index (χ3v) is 3.30. The third-order valence-electron chi connectivity index (χ3n) is 3.30. The van der Waals surface area contributed by atoms with Crippen LogP contribution in [0.3, 0.4) is 0 Å². The number of nitrogens with one attached hydrogen (secondary N) is 1. The van der Waals surface area contributed by atoms with E-state index in [0.717, 1.165) is 19.6 Å². The van der Waals surface area contributed by atoms with E-state index in [1.165, 1.54) is 0 Å². The second-order valence-corrected chi connectivity index (χ2v) is 5.54. The van der Waals surface area contributed by atoms with Gasteiger partial charge < -0.3 is 10.6 Å². The van der Waals surface area contributed by atoms with Crippen LogP contribution in [0.5, 0.6) is 0 Å². The Morgan fingerprint density at radius 3 is 1.84 bits per heavy atom. The van der Waals surface area contributed by atoms with Crippen LogP contribution < -0.4 is 5.73 Å². The molecule has 1 heterocycles. The van der Waals surface area contributed by atoms with Crippen molar-refractivity contribution in [1.29, 1.82) is 5.41 Å². The van der Waals surface area contributed by atoms with Gasteiger partial charge in [-0.25, -0.2) is 0 Å². The number of hydrogen-bond donors (Lipinski definition) is 2. The fourth-order valence-corrected chi connectivity index (χ4v) is 2.31. The molecule has 0 spiro atoms. The maximum Gasteiger partial charge on any atom is 0.399 e. The highest BCUT2D eigenvalue weighted by atomic mass is 19.4. The molecule has 1 atom stereocenters. The predicted molar refractivity (Wildman–Crippen MR) is 69.2 cm³/mol. The summed E-state index contributed by atoms with van der Waals surface area (Å²) in [5, 5.41) is 7.08. The van der Waals surface area contributed by atoms with E-state index in [1.54, 1.807) is 4.90 Å². The molecule has 4 nitrogen and oxygen atoms in total. The molecule has 0 aliphatic carbocycles. The molecule has 0 bridgehead atoms. The van der Waals surface area contributed by atoms with Crippen LogP contribution >= 0.6 is 0 Å². The smallest absolute Gasteiger partial charge is 0.387 e. The van der Waals surface area contributed by atoms with E-state index in [4.69, 9.17) is 11.1 Å². The van der Waals surface area contributed by atoms with Gasteiger partial charge in [0.15, 0.2) is 0 Å². The molecule has 1 aliphatic heterocycles. The highest BCUT2D eigenvalue weighted by Gasteiger charge is 2.43. The minimum atomic E-state index is -4.43. The van der Waals surface area contributed by atoms with Crippen molar-refractivity contribution in [2.45, 2.75) is 20.0 Å². The van der Waals surface area contributed by atoms with Crippen molar-refractivity contribution < 1.29 is 13.2 Å². The van der Waals surface area contributed by atoms with E-state index in [2.05, 4.69) is 18.7 Å². The topological polar surface area (TPSA) is 56.4 Å². The van der Waals surface area contributed by atoms with E-state index >= 15 is 0 Å². The summed E-state index contributed by atoms with van der Waals surface area (Å²) in [6.45, 7) is 7.79. The fraction of sp³-hybridized carbons (Fsp3) is 0.917. The SMILES string of the molecule is CC(C)CN1CCN(CC(C(=N)N)C(F)(F)F)CC1. The molecular weight excluding hydrogens is 257 g/mol. The van der Waals surface area contributed by atoms with Crippen molar-refractivity contribution in [2.75, 3.05) is 39.3 Å². The Bertz CT molecular complexity index is 296. The number of nitrogens with two attached hydrogens (primary N) is 1. The number of alkyl halides is 3. The Labute approximate surface area is 112 Å². The maximum atomic E-state index is 12.7. The summed E-state index contributed by atoms with van der Waals surface area (Å²) in [4.78, 5) is 4.01. The zero-order valence-electron chi connectivity index (χ0n) is 11.5. The van der Waals surface area contributed by atoms with E-state index in [-0.39, 0.29) is 6.54 Å². The van der Waals surface area contributed by atoms with Crippen molar-refractivity contribution in [3.8, 4) is 0 Å². The molecule has 0 amide bonds. The Morgan fingerprint density at radius 1 is 1.11 bits per heavy atom. The summed E-state index contributed by atoms with van der Waals surface area (Å²) >= 11 is 0. The highest BCUT2D eigenvalue weighted by Crippen LogP contribution is 2.27. The van der Waals surface area contributed by atoms with E-state index in [1.807, 2.05) is 0 Å². The van der Waals surface area contributed by atoms with Gasteiger partial charge in [-0.05, 0) is 5.92 Å². The first-order valence-corrected chi connectivity index (χ1v) is 6.55. The Balaban J connectivity index is 2.45. The van der Waals surface area contributed by atoms with Gasteiger partial charge in [-0.15, -0.1) is 0 Å². The van der Waals surface area contributed by atoms with Gasteiger partial charge in [0.25, 0.3) is 0 Å². The van der Waals surface area contributed by atoms with E-state index < -0.39 is 17.9 Å². The average molecular weight is 280 g/mol. The monoisotopic (exact) mass is 280 g/mol. The van der Waals surface area contributed by atoms with Crippen molar-refractivity contribution in [3.63, 3.8) is 0 Å². The number of hydrogen-bond acceptors (Lipinski definition) is 3. The first kappa shape index (κ1) is 16.2. The van der Waals surface area contributed by atoms with Gasteiger partial charge in [0.2, 0.25) is 0 Å². The molecule has 1 aliphatic rings. The molecule has 1 rings (SSSR count). The van der Waals surface area contributed by atoms with Gasteiger partial charge in [0, 0.05) is 39.3 Å². The molecule has 1 unspecified atom stereocenters. The van der Waals surface area contributed by atoms with Gasteiger partial charge in [-0.1, -0.05) is 13.8 Å². The summed E-state index contributed by atoms with van der Waals surface area (Å²) in [6, 6.07) is 0. The first-order chi connectivity index (χ1) is 8.70. The summed E-state index contributed by atoms with van der Waals surface area (Å²) in [5.41, 5.74) is 5.06. The lowest BCUT2D eigenvalue weighted by Gasteiger charge is -2.37. The quantitative estimate of drug-likeness (QED) is 0.591. The van der Waals surface area contributed by atoms with Crippen LogP contribution in [0.2, 0.25) is 0 Å². The lowest BCUT2D eigenvalue weighted by atomic mass is 10.1. The molecule has 0 radical (unpaired) electrons. The maximum absolute atomic E-state index is 12.7. The van der Waals surface area contributed by atoms with Gasteiger partial charge in [0.1, 0.15) is 11.8 Å². The van der Waals surface area contributed by atoms with Crippen LogP contribution in [0.15, 0.2) is 0 Å². The molecule has 0 aromatic carbocycles. The lowest BCUT2D eigenvalue weighted by molar-refractivity contribution is -0.160. The number of halogens is 3. The van der Waals surface area contributed by atoms with Crippen molar-refractivity contribution >= 4 is 5.84 Å². The van der Waals surface area contributed by atoms with Gasteiger partial charge >= 0.3 is 6.18 Å². The second kappa shape index (κ2) is 6.56. The number of amidine groups is 1. The Morgan fingerprint density at radius 2 is 1.53 bits per heavy atom. The molecule has 1 fully saturated rings. The fourth-order valence-electron chi connectivity index (χ4n) is 2.31. The Hall–Kier alpha value is -0.820. The van der Waals surface area contributed by atoms with Gasteiger partial charge in [-0.3, -0.25) is 10.3 Å². The molecule has 7 heteroatoms.